The molecule has 0 radical (unpaired) electrons. The largest absolute Gasteiger partial charge is 0.569 e. The van der Waals surface area contributed by atoms with Crippen molar-refractivity contribution in [3.63, 3.8) is 0 Å². The van der Waals surface area contributed by atoms with Crippen molar-refractivity contribution >= 4 is 22.1 Å². The first-order valence-corrected chi connectivity index (χ1v) is 14.4. The van der Waals surface area contributed by atoms with Gasteiger partial charge in [-0.25, -0.2) is 22.6 Å². The summed E-state index contributed by atoms with van der Waals surface area (Å²) in [5.74, 6) is -1.78. The predicted molar refractivity (Wildman–Crippen MR) is 144 cm³/mol. The number of hydrogen-bond acceptors (Lipinski definition) is 10. The lowest BCUT2D eigenvalue weighted by Gasteiger charge is -2.14. The van der Waals surface area contributed by atoms with E-state index in [0.29, 0.717) is 5.56 Å². The maximum atomic E-state index is 13.5. The zero-order valence-electron chi connectivity index (χ0n) is 23.5. The van der Waals surface area contributed by atoms with Gasteiger partial charge in [-0.15, -0.1) is 5.01 Å². The summed E-state index contributed by atoms with van der Waals surface area (Å²) in [7, 11) is -3.30. The van der Waals surface area contributed by atoms with Gasteiger partial charge in [-0.2, -0.15) is 18.3 Å². The van der Waals surface area contributed by atoms with E-state index in [2.05, 4.69) is 19.8 Å². The van der Waals surface area contributed by atoms with Crippen molar-refractivity contribution in [2.24, 2.45) is 11.2 Å². The lowest BCUT2D eigenvalue weighted by atomic mass is 10.1. The molecule has 1 aromatic heterocycles. The second-order valence-electron chi connectivity index (χ2n) is 9.63. The molecule has 18 heteroatoms. The third-order valence-electron chi connectivity index (χ3n) is 6.45. The first-order chi connectivity index (χ1) is 20.7. The SMILES string of the molecule is COC(=O)OC(C)O/N=[N+](/[O-])N1CCC(C(=O)NS(=O)(=O)c2ccc(-n3nc(C(F)(F)F)cc3-c3ccc(C)cc3)cc2)C1. The molecule has 0 spiro atoms. The van der Waals surface area contributed by atoms with Gasteiger partial charge in [0.05, 0.1) is 47.4 Å². The van der Waals surface area contributed by atoms with Crippen LogP contribution in [0.25, 0.3) is 16.9 Å². The van der Waals surface area contributed by atoms with Crippen LogP contribution in [0.2, 0.25) is 0 Å². The number of aromatic nitrogens is 2. The summed E-state index contributed by atoms with van der Waals surface area (Å²) in [6.45, 7) is 2.97. The first kappa shape index (κ1) is 32.1. The summed E-state index contributed by atoms with van der Waals surface area (Å²) in [5, 5.41) is 20.2. The van der Waals surface area contributed by atoms with Crippen molar-refractivity contribution in [1.29, 1.82) is 0 Å². The molecule has 0 saturated carbocycles. The van der Waals surface area contributed by atoms with E-state index in [0.717, 1.165) is 40.6 Å². The first-order valence-electron chi connectivity index (χ1n) is 12.9. The van der Waals surface area contributed by atoms with E-state index in [4.69, 9.17) is 4.84 Å². The molecule has 1 fully saturated rings. The Morgan fingerprint density at radius 2 is 1.82 bits per heavy atom. The molecule has 4 rings (SSSR count). The Kier molecular flexibility index (Phi) is 9.31. The zero-order chi connectivity index (χ0) is 32.2. The number of amides is 1. The average molecular weight is 641 g/mol. The molecular formula is C26H27F3N6O8S. The van der Waals surface area contributed by atoms with Gasteiger partial charge in [-0.05, 0) is 43.7 Å². The number of carbonyl (C=O) groups excluding carboxylic acids is 2. The number of aryl methyl sites for hydroxylation is 1. The maximum absolute atomic E-state index is 13.5. The zero-order valence-corrected chi connectivity index (χ0v) is 24.3. The van der Waals surface area contributed by atoms with E-state index in [1.165, 1.54) is 19.1 Å². The van der Waals surface area contributed by atoms with E-state index in [1.54, 1.807) is 24.3 Å². The van der Waals surface area contributed by atoms with E-state index in [1.807, 2.05) is 11.6 Å². The van der Waals surface area contributed by atoms with Crippen molar-refractivity contribution in [3.05, 3.63) is 71.1 Å². The van der Waals surface area contributed by atoms with Crippen molar-refractivity contribution in [3.8, 4) is 16.9 Å². The summed E-state index contributed by atoms with van der Waals surface area (Å²) in [4.78, 5) is 28.2. The number of sulfonamides is 1. The van der Waals surface area contributed by atoms with Gasteiger partial charge in [-0.1, -0.05) is 29.8 Å². The van der Waals surface area contributed by atoms with Crippen molar-refractivity contribution in [1.82, 2.24) is 19.5 Å². The molecule has 1 saturated heterocycles. The molecule has 0 aliphatic carbocycles. The van der Waals surface area contributed by atoms with Gasteiger partial charge in [0.15, 0.2) is 5.69 Å². The highest BCUT2D eigenvalue weighted by Gasteiger charge is 2.36. The van der Waals surface area contributed by atoms with Gasteiger partial charge in [0.25, 0.3) is 16.3 Å². The minimum Gasteiger partial charge on any atom is -0.569 e. The molecule has 14 nitrogen and oxygen atoms in total. The van der Waals surface area contributed by atoms with Crippen LogP contribution in [0, 0.1) is 18.0 Å². The topological polar surface area (TPSA) is 167 Å². The molecule has 236 valence electrons. The van der Waals surface area contributed by atoms with Crippen molar-refractivity contribution in [2.75, 3.05) is 20.2 Å². The number of ether oxygens (including phenoxy) is 2. The molecule has 1 N–H and O–H groups in total. The molecule has 2 unspecified atom stereocenters. The van der Waals surface area contributed by atoms with Crippen molar-refractivity contribution in [2.45, 2.75) is 37.6 Å². The number of carbonyl (C=O) groups is 2. The number of alkyl halides is 3. The summed E-state index contributed by atoms with van der Waals surface area (Å²) >= 11 is 0. The predicted octanol–water partition coefficient (Wildman–Crippen LogP) is 3.93. The van der Waals surface area contributed by atoms with Crippen LogP contribution in [0.4, 0.5) is 18.0 Å². The smallest absolute Gasteiger partial charge is 0.511 e. The summed E-state index contributed by atoms with van der Waals surface area (Å²) < 4.78 is 78.2. The second-order valence-corrected chi connectivity index (χ2v) is 11.3. The fourth-order valence-corrected chi connectivity index (χ4v) is 5.21. The molecular weight excluding hydrogens is 613 g/mol. The summed E-state index contributed by atoms with van der Waals surface area (Å²) in [6.07, 6.45) is -6.89. The van der Waals surface area contributed by atoms with Gasteiger partial charge in [0.2, 0.25) is 11.2 Å². The minimum atomic E-state index is -4.71. The lowest BCUT2D eigenvalue weighted by Crippen LogP contribution is -2.37. The van der Waals surface area contributed by atoms with Crippen LogP contribution in [-0.2, 0) is 35.3 Å². The van der Waals surface area contributed by atoms with Crippen LogP contribution >= 0.6 is 0 Å². The Balaban J connectivity index is 1.44. The van der Waals surface area contributed by atoms with E-state index >= 15 is 0 Å². The van der Waals surface area contributed by atoms with Gasteiger partial charge in [0, 0.05) is 12.5 Å². The second kappa shape index (κ2) is 12.8. The monoisotopic (exact) mass is 640 g/mol. The van der Waals surface area contributed by atoms with Gasteiger partial charge < -0.3 is 14.7 Å². The summed E-state index contributed by atoms with van der Waals surface area (Å²) in [5.41, 5.74) is 0.544. The molecule has 1 aliphatic heterocycles. The fourth-order valence-electron chi connectivity index (χ4n) is 4.16. The molecule has 1 aliphatic rings. The molecule has 1 amide bonds. The molecule has 0 bridgehead atoms. The van der Waals surface area contributed by atoms with Crippen LogP contribution < -0.4 is 4.72 Å². The Morgan fingerprint density at radius 1 is 1.16 bits per heavy atom. The minimum absolute atomic E-state index is 0.0436. The van der Waals surface area contributed by atoms with Crippen LogP contribution in [0.1, 0.15) is 24.6 Å². The number of halogens is 3. The van der Waals surface area contributed by atoms with Crippen LogP contribution in [0.3, 0.4) is 0 Å². The van der Waals surface area contributed by atoms with Crippen LogP contribution in [0.5, 0.6) is 0 Å². The number of hydrazine groups is 1. The Bertz CT molecular complexity index is 1640. The van der Waals surface area contributed by atoms with Gasteiger partial charge in [-0.3, -0.25) is 9.63 Å². The number of methoxy groups -OCH3 is 1. The maximum Gasteiger partial charge on any atom is 0.511 e. The quantitative estimate of drug-likeness (QED) is 0.119. The third kappa shape index (κ3) is 7.55. The number of hydrogen-bond donors (Lipinski definition) is 1. The van der Waals surface area contributed by atoms with Gasteiger partial charge in [0.1, 0.15) is 0 Å². The lowest BCUT2D eigenvalue weighted by molar-refractivity contribution is -0.709. The highest BCUT2D eigenvalue weighted by Crippen LogP contribution is 2.33. The highest BCUT2D eigenvalue weighted by molar-refractivity contribution is 7.90. The van der Waals surface area contributed by atoms with Crippen molar-refractivity contribution < 1.29 is 50.5 Å². The molecule has 2 aromatic carbocycles. The molecule has 2 atom stereocenters. The standard InChI is InChI=1S/C26H27F3N6O8S/c1-16-4-6-18(7-5-16)22-14-23(26(27,28)29)30-34(22)20-8-10-21(11-9-20)44(39,40)31-24(36)19-12-13-33(15-19)35(38)32-43-17(2)42-25(37)41-3/h4-11,14,17,19H,12-13,15H2,1-3H3,(H,31,36)/b35-32+. The highest BCUT2D eigenvalue weighted by atomic mass is 32.2. The number of nitrogens with one attached hydrogen (secondary N) is 1. The average Bonchev–Trinajstić information content (AvgIpc) is 3.65. The van der Waals surface area contributed by atoms with Crippen LogP contribution in [-0.4, -0.2) is 66.7 Å². The number of benzene rings is 2. The van der Waals surface area contributed by atoms with Gasteiger partial charge >= 0.3 is 12.3 Å². The fraction of sp³-hybridized carbons (Fsp3) is 0.346. The molecule has 44 heavy (non-hydrogen) atoms. The van der Waals surface area contributed by atoms with E-state index in [9.17, 15) is 36.4 Å². The third-order valence-corrected chi connectivity index (χ3v) is 7.81. The summed E-state index contributed by atoms with van der Waals surface area (Å²) in [6, 6.07) is 12.5. The Morgan fingerprint density at radius 3 is 2.43 bits per heavy atom. The number of rotatable bonds is 9. The normalized spacial score (nSPS) is 16.4. The molecule has 2 heterocycles. The Hall–Kier alpha value is -4.87. The number of nitrogens with zero attached hydrogens (tertiary/aromatic N) is 5. The Labute approximate surface area is 249 Å². The van der Waals surface area contributed by atoms with E-state index in [-0.39, 0.29) is 40.8 Å². The van der Waals surface area contributed by atoms with E-state index < -0.39 is 46.2 Å². The molecule has 3 aromatic rings. The van der Waals surface area contributed by atoms with Crippen LogP contribution in [0.15, 0.2) is 64.8 Å².